The van der Waals surface area contributed by atoms with Gasteiger partial charge in [0.15, 0.2) is 4.34 Å². The van der Waals surface area contributed by atoms with Crippen molar-refractivity contribution in [2.75, 3.05) is 0 Å². The predicted octanol–water partition coefficient (Wildman–Crippen LogP) is 3.19. The lowest BCUT2D eigenvalue weighted by molar-refractivity contribution is 0.304. The van der Waals surface area contributed by atoms with Crippen molar-refractivity contribution in [3.8, 4) is 0 Å². The van der Waals surface area contributed by atoms with E-state index in [0.717, 1.165) is 9.86 Å². The van der Waals surface area contributed by atoms with E-state index in [9.17, 15) is 0 Å². The molecule has 5 nitrogen and oxygen atoms in total. The molecule has 98 valence electrons. The number of rotatable bonds is 2. The summed E-state index contributed by atoms with van der Waals surface area (Å²) in [5, 5.41) is 13.1. The van der Waals surface area contributed by atoms with E-state index >= 15 is 0 Å². The Hall–Kier alpha value is -1.47. The second-order valence-corrected chi connectivity index (χ2v) is 7.33. The van der Waals surface area contributed by atoms with Gasteiger partial charge in [-0.1, -0.05) is 12.1 Å². The van der Waals surface area contributed by atoms with Gasteiger partial charge in [0, 0.05) is 0 Å². The minimum atomic E-state index is -0.153. The Morgan fingerprint density at radius 1 is 1.21 bits per heavy atom. The first-order valence-corrected chi connectivity index (χ1v) is 7.49. The maximum Gasteiger partial charge on any atom is 0.238 e. The summed E-state index contributed by atoms with van der Waals surface area (Å²) in [4.78, 5) is 6.17. The number of hydrogen-bond acceptors (Lipinski definition) is 6. The van der Waals surface area contributed by atoms with Crippen LogP contribution in [-0.2, 0) is 5.54 Å². The Kier molecular flexibility index (Phi) is 3.02. The fourth-order valence-corrected chi connectivity index (χ4v) is 3.35. The smallest absolute Gasteiger partial charge is 0.229 e. The third kappa shape index (κ3) is 2.62. The van der Waals surface area contributed by atoms with Gasteiger partial charge in [-0.25, -0.2) is 4.98 Å². The number of para-hydroxylation sites is 1. The van der Waals surface area contributed by atoms with Gasteiger partial charge >= 0.3 is 0 Å². The first kappa shape index (κ1) is 12.6. The molecule has 0 atom stereocenters. The van der Waals surface area contributed by atoms with Crippen LogP contribution in [0.2, 0.25) is 0 Å². The summed E-state index contributed by atoms with van der Waals surface area (Å²) in [5.41, 5.74) is 0.859. The molecule has 0 spiro atoms. The molecule has 2 aromatic heterocycles. The maximum absolute atomic E-state index is 4.54. The van der Waals surface area contributed by atoms with E-state index in [1.165, 1.54) is 16.5 Å². The zero-order chi connectivity index (χ0) is 13.5. The molecule has 0 saturated carbocycles. The number of hydrogen-bond donors (Lipinski definition) is 0. The summed E-state index contributed by atoms with van der Waals surface area (Å²) >= 11 is 3.10. The first-order chi connectivity index (χ1) is 9.02. The molecule has 0 aliphatic carbocycles. The largest absolute Gasteiger partial charge is 0.238 e. The number of thiazole rings is 1. The molecule has 0 aliphatic heterocycles. The van der Waals surface area contributed by atoms with Crippen molar-refractivity contribution in [2.24, 2.45) is 0 Å². The summed E-state index contributed by atoms with van der Waals surface area (Å²) in [5.74, 6) is 0. The Morgan fingerprint density at radius 3 is 2.68 bits per heavy atom. The van der Waals surface area contributed by atoms with Gasteiger partial charge in [0.1, 0.15) is 0 Å². The summed E-state index contributed by atoms with van der Waals surface area (Å²) in [7, 11) is 0. The normalized spacial score (nSPS) is 12.2. The van der Waals surface area contributed by atoms with Crippen molar-refractivity contribution in [1.82, 2.24) is 25.2 Å². The molecule has 3 rings (SSSR count). The molecular weight excluding hydrogens is 278 g/mol. The van der Waals surface area contributed by atoms with Gasteiger partial charge in [-0.15, -0.1) is 21.5 Å². The molecule has 0 saturated heterocycles. The third-order valence-corrected chi connectivity index (χ3v) is 4.39. The molecule has 0 radical (unpaired) electrons. The van der Waals surface area contributed by atoms with Crippen LogP contribution in [0, 0.1) is 0 Å². The van der Waals surface area contributed by atoms with Gasteiger partial charge in [-0.2, -0.15) is 4.80 Å². The molecule has 0 N–H and O–H groups in total. The second-order valence-electron chi connectivity index (χ2n) is 5.08. The minimum absolute atomic E-state index is 0.153. The van der Waals surface area contributed by atoms with E-state index in [1.807, 2.05) is 39.0 Å². The second kappa shape index (κ2) is 4.57. The van der Waals surface area contributed by atoms with Crippen molar-refractivity contribution in [2.45, 2.75) is 35.8 Å². The molecule has 1 aromatic carbocycles. The summed E-state index contributed by atoms with van der Waals surface area (Å²) in [6.07, 6.45) is 0. The van der Waals surface area contributed by atoms with Crippen LogP contribution >= 0.6 is 23.1 Å². The standard InChI is InChI=1S/C12H13N5S2/c1-12(2,3)17-15-10(14-16-17)19-11-13-8-6-4-5-7-9(8)18-11/h4-7H,1-3H3. The summed E-state index contributed by atoms with van der Waals surface area (Å²) in [6, 6.07) is 8.08. The van der Waals surface area contributed by atoms with Gasteiger partial charge in [0.2, 0.25) is 5.16 Å². The number of aromatic nitrogens is 5. The van der Waals surface area contributed by atoms with Crippen LogP contribution in [0.25, 0.3) is 10.2 Å². The van der Waals surface area contributed by atoms with Crippen LogP contribution in [0.4, 0.5) is 0 Å². The van der Waals surface area contributed by atoms with Gasteiger partial charge in [-0.05, 0) is 49.9 Å². The lowest BCUT2D eigenvalue weighted by atomic mass is 10.1. The molecule has 2 heterocycles. The van der Waals surface area contributed by atoms with Crippen LogP contribution in [-0.4, -0.2) is 25.2 Å². The van der Waals surface area contributed by atoms with Crippen LogP contribution in [0.5, 0.6) is 0 Å². The molecule has 7 heteroatoms. The van der Waals surface area contributed by atoms with Crippen LogP contribution < -0.4 is 0 Å². The monoisotopic (exact) mass is 291 g/mol. The van der Waals surface area contributed by atoms with Crippen molar-refractivity contribution in [3.05, 3.63) is 24.3 Å². The molecular formula is C12H13N5S2. The highest BCUT2D eigenvalue weighted by Crippen LogP contribution is 2.32. The minimum Gasteiger partial charge on any atom is -0.229 e. The Bertz CT molecular complexity index is 677. The van der Waals surface area contributed by atoms with Crippen molar-refractivity contribution >= 4 is 33.3 Å². The zero-order valence-electron chi connectivity index (χ0n) is 10.9. The van der Waals surface area contributed by atoms with E-state index in [-0.39, 0.29) is 5.54 Å². The van der Waals surface area contributed by atoms with Gasteiger partial charge in [0.25, 0.3) is 0 Å². The Morgan fingerprint density at radius 2 is 2.00 bits per heavy atom. The highest BCUT2D eigenvalue weighted by Gasteiger charge is 2.18. The topological polar surface area (TPSA) is 56.5 Å². The fraction of sp³-hybridized carbons (Fsp3) is 0.333. The van der Waals surface area contributed by atoms with E-state index in [1.54, 1.807) is 16.1 Å². The van der Waals surface area contributed by atoms with Gasteiger partial charge < -0.3 is 0 Å². The quantitative estimate of drug-likeness (QED) is 0.725. The van der Waals surface area contributed by atoms with Crippen molar-refractivity contribution in [1.29, 1.82) is 0 Å². The number of fused-ring (bicyclic) bond motifs is 1. The van der Waals surface area contributed by atoms with E-state index in [2.05, 4.69) is 26.5 Å². The SMILES string of the molecule is CC(C)(C)n1nnc(Sc2nc3ccccc3s2)n1. The first-order valence-electron chi connectivity index (χ1n) is 5.86. The molecule has 0 fully saturated rings. The number of tetrazole rings is 1. The molecule has 0 amide bonds. The highest BCUT2D eigenvalue weighted by molar-refractivity contribution is 8.01. The molecule has 0 aliphatic rings. The third-order valence-electron chi connectivity index (χ3n) is 2.45. The predicted molar refractivity (Wildman–Crippen MR) is 76.6 cm³/mol. The highest BCUT2D eigenvalue weighted by atomic mass is 32.2. The molecule has 19 heavy (non-hydrogen) atoms. The van der Waals surface area contributed by atoms with E-state index in [4.69, 9.17) is 0 Å². The van der Waals surface area contributed by atoms with Gasteiger partial charge in [-0.3, -0.25) is 0 Å². The number of benzene rings is 1. The van der Waals surface area contributed by atoms with Crippen LogP contribution in [0.1, 0.15) is 20.8 Å². The molecule has 0 bridgehead atoms. The van der Waals surface area contributed by atoms with E-state index < -0.39 is 0 Å². The van der Waals surface area contributed by atoms with Crippen molar-refractivity contribution in [3.63, 3.8) is 0 Å². The lowest BCUT2D eigenvalue weighted by Crippen LogP contribution is -2.24. The average Bonchev–Trinajstić information content (AvgIpc) is 2.94. The Balaban J connectivity index is 1.86. The molecule has 0 unspecified atom stereocenters. The summed E-state index contributed by atoms with van der Waals surface area (Å²) in [6.45, 7) is 6.13. The molecule has 3 aromatic rings. The van der Waals surface area contributed by atoms with E-state index in [0.29, 0.717) is 5.16 Å². The Labute approximate surface area is 119 Å². The zero-order valence-corrected chi connectivity index (χ0v) is 12.5. The number of nitrogens with zero attached hydrogens (tertiary/aromatic N) is 5. The average molecular weight is 291 g/mol. The summed E-state index contributed by atoms with van der Waals surface area (Å²) < 4.78 is 2.11. The maximum atomic E-state index is 4.54. The lowest BCUT2D eigenvalue weighted by Gasteiger charge is -2.15. The van der Waals surface area contributed by atoms with Gasteiger partial charge in [0.05, 0.1) is 15.8 Å². The van der Waals surface area contributed by atoms with Crippen molar-refractivity contribution < 1.29 is 0 Å². The van der Waals surface area contributed by atoms with Crippen LogP contribution in [0.15, 0.2) is 33.8 Å². The van der Waals surface area contributed by atoms with Crippen LogP contribution in [0.3, 0.4) is 0 Å². The fourth-order valence-electron chi connectivity index (χ4n) is 1.50.